The lowest BCUT2D eigenvalue weighted by Gasteiger charge is -2.02. The molecule has 2 aromatic heterocycles. The van der Waals surface area contributed by atoms with Gasteiger partial charge in [-0.2, -0.15) is 0 Å². The first kappa shape index (κ1) is 11.4. The average molecular weight is 274 g/mol. The van der Waals surface area contributed by atoms with Gasteiger partial charge in [0.15, 0.2) is 5.13 Å². The number of nitrogens with zero attached hydrogens (tertiary/aromatic N) is 3. The molecule has 0 atom stereocenters. The molecule has 18 heavy (non-hydrogen) atoms. The van der Waals surface area contributed by atoms with Crippen LogP contribution in [0, 0.1) is 0 Å². The molecule has 0 aliphatic heterocycles. The largest absolute Gasteiger partial charge is 0.375 e. The molecule has 2 heterocycles. The van der Waals surface area contributed by atoms with Crippen LogP contribution < -0.4 is 5.73 Å². The van der Waals surface area contributed by atoms with Gasteiger partial charge in [-0.25, -0.2) is 15.0 Å². The molecule has 0 unspecified atom stereocenters. The van der Waals surface area contributed by atoms with Gasteiger partial charge in [0, 0.05) is 16.5 Å². The second-order valence-corrected chi connectivity index (χ2v) is 5.52. The standard InChI is InChI=1S/C12H10N4S2/c13-12-16-8(6-18-12)5-17-11-9-3-1-2-4-10(9)14-7-15-11/h1-4,6-7H,5H2,(H2,13,16). The number of benzene rings is 1. The number of fused-ring (bicyclic) bond motifs is 1. The van der Waals surface area contributed by atoms with Gasteiger partial charge in [-0.3, -0.25) is 0 Å². The maximum atomic E-state index is 5.61. The molecule has 1 aromatic carbocycles. The Morgan fingerprint density at radius 2 is 2.11 bits per heavy atom. The predicted molar refractivity (Wildman–Crippen MR) is 75.6 cm³/mol. The third-order valence-corrected chi connectivity index (χ3v) is 4.19. The topological polar surface area (TPSA) is 64.7 Å². The Bertz CT molecular complexity index is 675. The van der Waals surface area contributed by atoms with E-state index < -0.39 is 0 Å². The van der Waals surface area contributed by atoms with Gasteiger partial charge in [0.1, 0.15) is 11.4 Å². The molecule has 3 rings (SSSR count). The Morgan fingerprint density at radius 3 is 2.94 bits per heavy atom. The van der Waals surface area contributed by atoms with E-state index in [-0.39, 0.29) is 0 Å². The van der Waals surface area contributed by atoms with Crippen LogP contribution in [0.1, 0.15) is 5.69 Å². The fourth-order valence-electron chi connectivity index (χ4n) is 1.63. The van der Waals surface area contributed by atoms with Crippen molar-refractivity contribution in [1.82, 2.24) is 15.0 Å². The van der Waals surface area contributed by atoms with E-state index in [1.807, 2.05) is 29.6 Å². The average Bonchev–Trinajstić information content (AvgIpc) is 2.82. The van der Waals surface area contributed by atoms with Gasteiger partial charge in [0.2, 0.25) is 0 Å². The van der Waals surface area contributed by atoms with Crippen molar-refractivity contribution < 1.29 is 0 Å². The third-order valence-electron chi connectivity index (χ3n) is 2.43. The summed E-state index contributed by atoms with van der Waals surface area (Å²) in [4.78, 5) is 12.8. The highest BCUT2D eigenvalue weighted by Gasteiger charge is 2.05. The number of thioether (sulfide) groups is 1. The van der Waals surface area contributed by atoms with Gasteiger partial charge in [0.25, 0.3) is 0 Å². The maximum absolute atomic E-state index is 5.61. The second kappa shape index (κ2) is 4.91. The lowest BCUT2D eigenvalue weighted by molar-refractivity contribution is 1.10. The quantitative estimate of drug-likeness (QED) is 0.587. The van der Waals surface area contributed by atoms with E-state index >= 15 is 0 Å². The number of para-hydroxylation sites is 1. The van der Waals surface area contributed by atoms with Crippen LogP contribution in [0.5, 0.6) is 0 Å². The van der Waals surface area contributed by atoms with Crippen LogP contribution in [0.25, 0.3) is 10.9 Å². The summed E-state index contributed by atoms with van der Waals surface area (Å²) in [6, 6.07) is 8.00. The van der Waals surface area contributed by atoms with Gasteiger partial charge in [-0.15, -0.1) is 11.3 Å². The third kappa shape index (κ3) is 2.30. The Balaban J connectivity index is 1.86. The summed E-state index contributed by atoms with van der Waals surface area (Å²) in [5, 5.41) is 4.64. The number of aromatic nitrogens is 3. The van der Waals surface area contributed by atoms with Crippen molar-refractivity contribution in [1.29, 1.82) is 0 Å². The van der Waals surface area contributed by atoms with Gasteiger partial charge in [-0.05, 0) is 6.07 Å². The fourth-order valence-corrected chi connectivity index (χ4v) is 3.18. The SMILES string of the molecule is Nc1nc(CSc2ncnc3ccccc23)cs1. The van der Waals surface area contributed by atoms with Crippen LogP contribution >= 0.6 is 23.1 Å². The Labute approximate surface area is 112 Å². The van der Waals surface area contributed by atoms with Gasteiger partial charge in [0.05, 0.1) is 11.2 Å². The number of nitrogen functional groups attached to an aromatic ring is 1. The zero-order chi connectivity index (χ0) is 12.4. The minimum Gasteiger partial charge on any atom is -0.375 e. The van der Waals surface area contributed by atoms with Crippen molar-refractivity contribution in [3.05, 3.63) is 41.7 Å². The molecule has 0 spiro atoms. The molecule has 0 saturated carbocycles. The number of hydrogen-bond donors (Lipinski definition) is 1. The molecule has 0 bridgehead atoms. The van der Waals surface area contributed by atoms with E-state index in [0.717, 1.165) is 27.4 Å². The molecule has 0 aliphatic rings. The summed E-state index contributed by atoms with van der Waals surface area (Å²) in [5.74, 6) is 0.773. The molecule has 0 saturated heterocycles. The van der Waals surface area contributed by atoms with E-state index in [2.05, 4.69) is 15.0 Å². The number of hydrogen-bond acceptors (Lipinski definition) is 6. The summed E-state index contributed by atoms with van der Waals surface area (Å²) in [6.45, 7) is 0. The summed E-state index contributed by atoms with van der Waals surface area (Å²) in [7, 11) is 0. The number of thiazole rings is 1. The second-order valence-electron chi connectivity index (χ2n) is 3.66. The van der Waals surface area contributed by atoms with Crippen molar-refractivity contribution in [2.75, 3.05) is 5.73 Å². The molecule has 0 fully saturated rings. The highest BCUT2D eigenvalue weighted by molar-refractivity contribution is 7.98. The Kier molecular flexibility index (Phi) is 3.12. The Morgan fingerprint density at radius 1 is 1.22 bits per heavy atom. The normalized spacial score (nSPS) is 10.9. The van der Waals surface area contributed by atoms with Crippen molar-refractivity contribution in [2.45, 2.75) is 10.8 Å². The summed E-state index contributed by atoms with van der Waals surface area (Å²) in [5.41, 5.74) is 7.57. The molecular weight excluding hydrogens is 264 g/mol. The molecule has 6 heteroatoms. The molecule has 3 aromatic rings. The van der Waals surface area contributed by atoms with Crippen LogP contribution in [0.3, 0.4) is 0 Å². The summed E-state index contributed by atoms with van der Waals surface area (Å²) in [6.07, 6.45) is 1.60. The number of anilines is 1. The molecule has 0 radical (unpaired) electrons. The zero-order valence-corrected chi connectivity index (χ0v) is 11.0. The predicted octanol–water partition coefficient (Wildman–Crippen LogP) is 2.96. The number of nitrogens with two attached hydrogens (primary N) is 1. The van der Waals surface area contributed by atoms with E-state index in [1.54, 1.807) is 18.1 Å². The van der Waals surface area contributed by atoms with E-state index in [9.17, 15) is 0 Å². The molecular formula is C12H10N4S2. The maximum Gasteiger partial charge on any atom is 0.180 e. The molecule has 0 amide bonds. The fraction of sp³-hybridized carbons (Fsp3) is 0.0833. The highest BCUT2D eigenvalue weighted by atomic mass is 32.2. The van der Waals surface area contributed by atoms with E-state index in [0.29, 0.717) is 5.13 Å². The van der Waals surface area contributed by atoms with Crippen LogP contribution in [-0.2, 0) is 5.75 Å². The molecule has 0 aliphatic carbocycles. The first-order chi connectivity index (χ1) is 8.83. The first-order valence-electron chi connectivity index (χ1n) is 5.35. The molecule has 2 N–H and O–H groups in total. The van der Waals surface area contributed by atoms with E-state index in [1.165, 1.54) is 11.3 Å². The molecule has 4 nitrogen and oxygen atoms in total. The smallest absolute Gasteiger partial charge is 0.180 e. The minimum absolute atomic E-state index is 0.609. The Hall–Kier alpha value is -1.66. The van der Waals surface area contributed by atoms with Crippen molar-refractivity contribution in [3.8, 4) is 0 Å². The van der Waals surface area contributed by atoms with Crippen molar-refractivity contribution in [2.24, 2.45) is 0 Å². The summed E-state index contributed by atoms with van der Waals surface area (Å²) < 4.78 is 0. The lowest BCUT2D eigenvalue weighted by Crippen LogP contribution is -1.88. The van der Waals surface area contributed by atoms with E-state index in [4.69, 9.17) is 5.73 Å². The first-order valence-corrected chi connectivity index (χ1v) is 7.22. The summed E-state index contributed by atoms with van der Waals surface area (Å²) >= 11 is 3.12. The van der Waals surface area contributed by atoms with Crippen LogP contribution in [0.4, 0.5) is 5.13 Å². The van der Waals surface area contributed by atoms with Gasteiger partial charge < -0.3 is 5.73 Å². The van der Waals surface area contributed by atoms with Crippen LogP contribution in [0.15, 0.2) is 41.0 Å². The lowest BCUT2D eigenvalue weighted by atomic mass is 10.2. The number of rotatable bonds is 3. The monoisotopic (exact) mass is 274 g/mol. The van der Waals surface area contributed by atoms with Crippen LogP contribution in [0.2, 0.25) is 0 Å². The van der Waals surface area contributed by atoms with Gasteiger partial charge in [-0.1, -0.05) is 30.0 Å². The van der Waals surface area contributed by atoms with Crippen molar-refractivity contribution in [3.63, 3.8) is 0 Å². The highest BCUT2D eigenvalue weighted by Crippen LogP contribution is 2.27. The zero-order valence-electron chi connectivity index (χ0n) is 9.41. The van der Waals surface area contributed by atoms with Crippen molar-refractivity contribution >= 4 is 39.1 Å². The molecule has 90 valence electrons. The minimum atomic E-state index is 0.609. The van der Waals surface area contributed by atoms with Crippen LogP contribution in [-0.4, -0.2) is 15.0 Å². The van der Waals surface area contributed by atoms with Gasteiger partial charge >= 0.3 is 0 Å².